The molecule has 0 spiro atoms. The first kappa shape index (κ1) is 26.1. The Morgan fingerprint density at radius 1 is 0.639 bits per heavy atom. The minimum absolute atomic E-state index is 0.0673. The predicted octanol–water partition coefficient (Wildman–Crippen LogP) is 2.11. The van der Waals surface area contributed by atoms with Gasteiger partial charge in [-0.2, -0.15) is 0 Å². The van der Waals surface area contributed by atoms with Crippen molar-refractivity contribution in [2.75, 3.05) is 14.2 Å². The maximum atomic E-state index is 12.9. The molecule has 2 amide bonds. The molecular formula is C27H27N3O6. The van der Waals surface area contributed by atoms with Gasteiger partial charge in [0.15, 0.2) is 0 Å². The third-order valence-corrected chi connectivity index (χ3v) is 5.36. The maximum Gasteiger partial charge on any atom is 0.328 e. The van der Waals surface area contributed by atoms with E-state index in [1.807, 2.05) is 60.7 Å². The van der Waals surface area contributed by atoms with E-state index in [0.717, 1.165) is 11.1 Å². The van der Waals surface area contributed by atoms with Crippen LogP contribution in [0.4, 0.5) is 0 Å². The van der Waals surface area contributed by atoms with Crippen molar-refractivity contribution in [3.8, 4) is 0 Å². The normalized spacial score (nSPS) is 12.1. The van der Waals surface area contributed by atoms with Crippen LogP contribution in [-0.2, 0) is 31.9 Å². The van der Waals surface area contributed by atoms with Gasteiger partial charge in [-0.3, -0.25) is 9.59 Å². The molecule has 0 saturated heterocycles. The Kier molecular flexibility index (Phi) is 9.27. The van der Waals surface area contributed by atoms with E-state index in [0.29, 0.717) is 0 Å². The number of nitrogens with one attached hydrogen (secondary N) is 2. The zero-order chi connectivity index (χ0) is 25.9. The number of esters is 2. The van der Waals surface area contributed by atoms with Crippen molar-refractivity contribution < 1.29 is 28.7 Å². The Balaban J connectivity index is 1.73. The zero-order valence-corrected chi connectivity index (χ0v) is 20.0. The Bertz CT molecular complexity index is 1110. The maximum absolute atomic E-state index is 12.9. The molecule has 2 N–H and O–H groups in total. The van der Waals surface area contributed by atoms with Gasteiger partial charge in [-0.05, 0) is 23.3 Å². The third-order valence-electron chi connectivity index (χ3n) is 5.36. The first-order valence-corrected chi connectivity index (χ1v) is 11.2. The highest BCUT2D eigenvalue weighted by Crippen LogP contribution is 2.08. The third kappa shape index (κ3) is 7.23. The number of methoxy groups -OCH3 is 2. The van der Waals surface area contributed by atoms with Crippen molar-refractivity contribution in [2.45, 2.75) is 24.9 Å². The molecule has 1 heterocycles. The number of nitrogens with zero attached hydrogens (tertiary/aromatic N) is 1. The summed E-state index contributed by atoms with van der Waals surface area (Å²) < 4.78 is 9.65. The van der Waals surface area contributed by atoms with E-state index in [1.54, 1.807) is 0 Å². The molecule has 1 aromatic heterocycles. The highest BCUT2D eigenvalue weighted by molar-refractivity contribution is 5.98. The second-order valence-electron chi connectivity index (χ2n) is 7.89. The molecule has 0 aliphatic carbocycles. The largest absolute Gasteiger partial charge is 0.467 e. The van der Waals surface area contributed by atoms with Gasteiger partial charge in [0.2, 0.25) is 0 Å². The molecule has 0 aliphatic heterocycles. The summed E-state index contributed by atoms with van der Waals surface area (Å²) >= 11 is 0. The monoisotopic (exact) mass is 489 g/mol. The van der Waals surface area contributed by atoms with Crippen molar-refractivity contribution in [3.05, 3.63) is 101 Å². The molecule has 0 unspecified atom stereocenters. The number of amides is 2. The second-order valence-corrected chi connectivity index (χ2v) is 7.89. The Hall–Kier alpha value is -4.53. The van der Waals surface area contributed by atoms with E-state index in [4.69, 9.17) is 9.47 Å². The van der Waals surface area contributed by atoms with Crippen molar-refractivity contribution in [3.63, 3.8) is 0 Å². The van der Waals surface area contributed by atoms with Crippen LogP contribution in [0.3, 0.4) is 0 Å². The highest BCUT2D eigenvalue weighted by Gasteiger charge is 2.25. The van der Waals surface area contributed by atoms with Crippen LogP contribution >= 0.6 is 0 Å². The number of rotatable bonds is 10. The number of aromatic nitrogens is 1. The predicted molar refractivity (Wildman–Crippen MR) is 131 cm³/mol. The number of carbonyl (C=O) groups excluding carboxylic acids is 4. The van der Waals surface area contributed by atoms with Gasteiger partial charge in [-0.15, -0.1) is 0 Å². The van der Waals surface area contributed by atoms with Crippen LogP contribution < -0.4 is 10.6 Å². The summed E-state index contributed by atoms with van der Waals surface area (Å²) in [6.07, 6.45) is 0.444. The Morgan fingerprint density at radius 2 is 1.03 bits per heavy atom. The summed E-state index contributed by atoms with van der Waals surface area (Å²) in [5.74, 6) is -2.51. The lowest BCUT2D eigenvalue weighted by molar-refractivity contribution is -0.143. The molecule has 0 radical (unpaired) electrons. The number of carbonyl (C=O) groups is 4. The van der Waals surface area contributed by atoms with Crippen molar-refractivity contribution in [2.24, 2.45) is 0 Å². The second kappa shape index (κ2) is 12.8. The summed E-state index contributed by atoms with van der Waals surface area (Å²) in [7, 11) is 2.48. The van der Waals surface area contributed by atoms with E-state index in [-0.39, 0.29) is 24.2 Å². The molecule has 2 atom stereocenters. The van der Waals surface area contributed by atoms with E-state index < -0.39 is 35.8 Å². The highest BCUT2D eigenvalue weighted by atomic mass is 16.5. The van der Waals surface area contributed by atoms with Crippen LogP contribution in [0.25, 0.3) is 0 Å². The van der Waals surface area contributed by atoms with Gasteiger partial charge >= 0.3 is 11.9 Å². The molecule has 186 valence electrons. The summed E-state index contributed by atoms with van der Waals surface area (Å²) in [5.41, 5.74) is 1.53. The SMILES string of the molecule is COC(=O)[C@H](Cc1ccccc1)NC(=O)c1cccc(C(=O)N[C@@H](Cc2ccccc2)C(=O)OC)n1. The van der Waals surface area contributed by atoms with Gasteiger partial charge in [0, 0.05) is 12.8 Å². The van der Waals surface area contributed by atoms with E-state index in [1.165, 1.54) is 32.4 Å². The molecule has 9 heteroatoms. The van der Waals surface area contributed by atoms with Gasteiger partial charge in [-0.1, -0.05) is 66.7 Å². The standard InChI is InChI=1S/C27H27N3O6/c1-35-26(33)22(16-18-10-5-3-6-11-18)29-24(31)20-14-9-15-21(28-20)25(32)30-23(27(34)36-2)17-19-12-7-4-8-13-19/h3-15,22-23H,16-17H2,1-2H3,(H,29,31)(H,30,32)/t22-,23-/m0/s1. The summed E-state index contributed by atoms with van der Waals surface area (Å²) in [6.45, 7) is 0. The molecule has 0 fully saturated rings. The fourth-order valence-electron chi connectivity index (χ4n) is 3.52. The number of ether oxygens (including phenoxy) is 2. The van der Waals surface area contributed by atoms with Gasteiger partial charge in [-0.25, -0.2) is 14.6 Å². The summed E-state index contributed by atoms with van der Waals surface area (Å²) in [5, 5.41) is 5.24. The molecule has 3 aromatic rings. The molecule has 0 bridgehead atoms. The topological polar surface area (TPSA) is 124 Å². The lowest BCUT2D eigenvalue weighted by Gasteiger charge is -2.17. The van der Waals surface area contributed by atoms with Crippen LogP contribution in [0.15, 0.2) is 78.9 Å². The van der Waals surface area contributed by atoms with Gasteiger partial charge in [0.25, 0.3) is 11.8 Å². The average molecular weight is 490 g/mol. The Labute approximate surface area is 208 Å². The molecule has 36 heavy (non-hydrogen) atoms. The van der Waals surface area contributed by atoms with Crippen molar-refractivity contribution >= 4 is 23.8 Å². The van der Waals surface area contributed by atoms with E-state index >= 15 is 0 Å². The van der Waals surface area contributed by atoms with Gasteiger partial charge in [0.1, 0.15) is 23.5 Å². The van der Waals surface area contributed by atoms with Crippen LogP contribution in [0.2, 0.25) is 0 Å². The van der Waals surface area contributed by atoms with E-state index in [2.05, 4.69) is 15.6 Å². The van der Waals surface area contributed by atoms with Crippen molar-refractivity contribution in [1.29, 1.82) is 0 Å². The van der Waals surface area contributed by atoms with Gasteiger partial charge in [0.05, 0.1) is 14.2 Å². The van der Waals surface area contributed by atoms with Crippen LogP contribution in [0.1, 0.15) is 32.1 Å². The lowest BCUT2D eigenvalue weighted by atomic mass is 10.1. The zero-order valence-electron chi connectivity index (χ0n) is 20.0. The number of hydrogen-bond donors (Lipinski definition) is 2. The minimum atomic E-state index is -0.946. The smallest absolute Gasteiger partial charge is 0.328 e. The molecular weight excluding hydrogens is 462 g/mol. The van der Waals surface area contributed by atoms with Crippen LogP contribution in [0, 0.1) is 0 Å². The summed E-state index contributed by atoms with van der Waals surface area (Å²) in [6, 6.07) is 20.8. The lowest BCUT2D eigenvalue weighted by Crippen LogP contribution is -2.44. The Morgan fingerprint density at radius 3 is 1.39 bits per heavy atom. The first-order valence-electron chi connectivity index (χ1n) is 11.2. The molecule has 2 aromatic carbocycles. The molecule has 3 rings (SSSR count). The first-order chi connectivity index (χ1) is 17.4. The average Bonchev–Trinajstić information content (AvgIpc) is 2.92. The van der Waals surface area contributed by atoms with Crippen molar-refractivity contribution in [1.82, 2.24) is 15.6 Å². The molecule has 9 nitrogen and oxygen atoms in total. The minimum Gasteiger partial charge on any atom is -0.467 e. The number of pyridine rings is 1. The van der Waals surface area contributed by atoms with Gasteiger partial charge < -0.3 is 20.1 Å². The fraction of sp³-hybridized carbons (Fsp3) is 0.222. The van der Waals surface area contributed by atoms with Crippen LogP contribution in [0.5, 0.6) is 0 Å². The number of hydrogen-bond acceptors (Lipinski definition) is 7. The van der Waals surface area contributed by atoms with Crippen LogP contribution in [-0.4, -0.2) is 55.0 Å². The quantitative estimate of drug-likeness (QED) is 0.418. The summed E-state index contributed by atoms with van der Waals surface area (Å²) in [4.78, 5) is 54.4. The molecule has 0 saturated carbocycles. The molecule has 0 aliphatic rings. The van der Waals surface area contributed by atoms with E-state index in [9.17, 15) is 19.2 Å². The number of benzene rings is 2. The fourth-order valence-corrected chi connectivity index (χ4v) is 3.52.